The molecule has 4 atom stereocenters. The molecule has 2 aliphatic heterocycles. The Hall–Kier alpha value is -2.38. The summed E-state index contributed by atoms with van der Waals surface area (Å²) in [7, 11) is 3.32. The lowest BCUT2D eigenvalue weighted by atomic mass is 9.76. The molecule has 3 aliphatic rings. The third-order valence-corrected chi connectivity index (χ3v) is 7.22. The summed E-state index contributed by atoms with van der Waals surface area (Å²) in [6.45, 7) is 7.34. The van der Waals surface area contributed by atoms with E-state index < -0.39 is 6.04 Å². The van der Waals surface area contributed by atoms with Crippen LogP contribution < -0.4 is 4.74 Å². The van der Waals surface area contributed by atoms with Crippen LogP contribution in [0.25, 0.3) is 0 Å². The number of hydrogen-bond acceptors (Lipinski definition) is 6. The van der Waals surface area contributed by atoms with Crippen molar-refractivity contribution in [3.63, 3.8) is 0 Å². The standard InChI is InChI=1S/C25H34N2O5/c1-5-26(6-2)13-14-27-22(16-7-9-17(30-3)10-8-16)21-23(28)19-12-11-18(31-4)15-20(19)32-24(21)25(27)29/h7-10,18-20,22H,5-6,11-15H2,1-4H3. The first-order valence-corrected chi connectivity index (χ1v) is 11.7. The van der Waals surface area contributed by atoms with Crippen molar-refractivity contribution in [1.29, 1.82) is 0 Å². The quantitative estimate of drug-likeness (QED) is 0.617. The van der Waals surface area contributed by atoms with E-state index >= 15 is 0 Å². The molecule has 1 aromatic carbocycles. The molecule has 4 unspecified atom stereocenters. The van der Waals surface area contributed by atoms with Gasteiger partial charge in [-0.3, -0.25) is 9.59 Å². The minimum atomic E-state index is -0.424. The molecule has 174 valence electrons. The first-order chi connectivity index (χ1) is 15.5. The summed E-state index contributed by atoms with van der Waals surface area (Å²) < 4.78 is 17.1. The van der Waals surface area contributed by atoms with Crippen molar-refractivity contribution in [3.05, 3.63) is 41.2 Å². The van der Waals surface area contributed by atoms with Gasteiger partial charge in [0.1, 0.15) is 11.9 Å². The van der Waals surface area contributed by atoms with E-state index in [-0.39, 0.29) is 35.6 Å². The van der Waals surface area contributed by atoms with Gasteiger partial charge in [-0.25, -0.2) is 0 Å². The Balaban J connectivity index is 1.69. The van der Waals surface area contributed by atoms with E-state index in [2.05, 4.69) is 18.7 Å². The van der Waals surface area contributed by atoms with Crippen LogP contribution in [0.15, 0.2) is 35.6 Å². The second-order valence-corrected chi connectivity index (χ2v) is 8.74. The Kier molecular flexibility index (Phi) is 6.86. The van der Waals surface area contributed by atoms with Crippen LogP contribution >= 0.6 is 0 Å². The average molecular weight is 443 g/mol. The number of hydrogen-bond donors (Lipinski definition) is 0. The minimum Gasteiger partial charge on any atom is -0.497 e. The molecule has 0 aromatic heterocycles. The zero-order valence-corrected chi connectivity index (χ0v) is 19.5. The summed E-state index contributed by atoms with van der Waals surface area (Å²) in [5.41, 5.74) is 1.43. The van der Waals surface area contributed by atoms with Crippen LogP contribution in [0.1, 0.15) is 44.7 Å². The number of ether oxygens (including phenoxy) is 3. The lowest BCUT2D eigenvalue weighted by molar-refractivity contribution is -0.138. The van der Waals surface area contributed by atoms with E-state index in [9.17, 15) is 9.59 Å². The van der Waals surface area contributed by atoms with Crippen LogP contribution in [0.2, 0.25) is 0 Å². The lowest BCUT2D eigenvalue weighted by Crippen LogP contribution is -2.43. The molecule has 7 heteroatoms. The Morgan fingerprint density at radius 3 is 2.44 bits per heavy atom. The molecule has 1 fully saturated rings. The number of carbonyl (C=O) groups is 2. The molecule has 7 nitrogen and oxygen atoms in total. The molecule has 0 spiro atoms. The fraction of sp³-hybridized carbons (Fsp3) is 0.600. The van der Waals surface area contributed by atoms with E-state index in [0.717, 1.165) is 43.8 Å². The molecule has 1 amide bonds. The van der Waals surface area contributed by atoms with Gasteiger partial charge in [0.25, 0.3) is 5.91 Å². The molecule has 0 bridgehead atoms. The third-order valence-electron chi connectivity index (χ3n) is 7.22. The molecule has 2 heterocycles. The number of methoxy groups -OCH3 is 2. The highest BCUT2D eigenvalue weighted by molar-refractivity contribution is 6.11. The number of ketones is 1. The average Bonchev–Trinajstić information content (AvgIpc) is 3.11. The highest BCUT2D eigenvalue weighted by atomic mass is 16.5. The maximum absolute atomic E-state index is 13.7. The summed E-state index contributed by atoms with van der Waals surface area (Å²) in [6.07, 6.45) is 1.98. The van der Waals surface area contributed by atoms with Gasteiger partial charge in [0.05, 0.1) is 30.7 Å². The smallest absolute Gasteiger partial charge is 0.290 e. The highest BCUT2D eigenvalue weighted by Crippen LogP contribution is 2.47. The summed E-state index contributed by atoms with van der Waals surface area (Å²) in [5.74, 6) is 0.653. The van der Waals surface area contributed by atoms with Crippen molar-refractivity contribution < 1.29 is 23.8 Å². The van der Waals surface area contributed by atoms with Gasteiger partial charge in [0, 0.05) is 26.6 Å². The predicted molar refractivity (Wildman–Crippen MR) is 120 cm³/mol. The van der Waals surface area contributed by atoms with E-state index in [4.69, 9.17) is 14.2 Å². The molecule has 1 saturated carbocycles. The lowest BCUT2D eigenvalue weighted by Gasteiger charge is -2.38. The second-order valence-electron chi connectivity index (χ2n) is 8.74. The normalized spacial score (nSPS) is 27.5. The van der Waals surface area contributed by atoms with Gasteiger partial charge in [-0.1, -0.05) is 26.0 Å². The topological polar surface area (TPSA) is 68.3 Å². The predicted octanol–water partition coefficient (Wildman–Crippen LogP) is 2.96. The van der Waals surface area contributed by atoms with Crippen LogP contribution in [-0.2, 0) is 19.1 Å². The van der Waals surface area contributed by atoms with Crippen LogP contribution in [-0.4, -0.2) is 74.1 Å². The Morgan fingerprint density at radius 1 is 1.09 bits per heavy atom. The number of amides is 1. The highest BCUT2D eigenvalue weighted by Gasteiger charge is 2.52. The number of likely N-dealkylation sites (N-methyl/N-ethyl adjacent to an activating group) is 1. The number of fused-ring (bicyclic) bond motifs is 1. The maximum atomic E-state index is 13.7. The molecule has 0 radical (unpaired) electrons. The van der Waals surface area contributed by atoms with Crippen molar-refractivity contribution >= 4 is 11.7 Å². The van der Waals surface area contributed by atoms with E-state index in [1.165, 1.54) is 0 Å². The molecule has 0 N–H and O–H groups in total. The van der Waals surface area contributed by atoms with Crippen LogP contribution in [0, 0.1) is 5.92 Å². The van der Waals surface area contributed by atoms with Crippen molar-refractivity contribution in [2.24, 2.45) is 5.92 Å². The van der Waals surface area contributed by atoms with E-state index in [1.807, 2.05) is 29.2 Å². The number of benzene rings is 1. The van der Waals surface area contributed by atoms with Gasteiger partial charge in [-0.2, -0.15) is 0 Å². The minimum absolute atomic E-state index is 0.0605. The van der Waals surface area contributed by atoms with Crippen LogP contribution in [0.3, 0.4) is 0 Å². The fourth-order valence-electron chi connectivity index (χ4n) is 5.24. The molecule has 1 aromatic rings. The van der Waals surface area contributed by atoms with Crippen molar-refractivity contribution in [2.75, 3.05) is 40.4 Å². The third kappa shape index (κ3) is 4.04. The Labute approximate surface area is 190 Å². The SMILES string of the molecule is CCN(CC)CCN1C(=O)C2=C(C(=O)C3CCC(OC)CC3O2)C1c1ccc(OC)cc1. The summed E-state index contributed by atoms with van der Waals surface area (Å²) in [4.78, 5) is 31.3. The zero-order chi connectivity index (χ0) is 22.8. The Bertz CT molecular complexity index is 877. The number of Topliss-reactive ketones (excluding diaryl/α,β-unsaturated/α-hetero) is 1. The van der Waals surface area contributed by atoms with Crippen molar-refractivity contribution in [2.45, 2.75) is 51.4 Å². The zero-order valence-electron chi connectivity index (χ0n) is 19.5. The van der Waals surface area contributed by atoms with Gasteiger partial charge in [0.2, 0.25) is 0 Å². The first-order valence-electron chi connectivity index (χ1n) is 11.7. The van der Waals surface area contributed by atoms with Crippen LogP contribution in [0.4, 0.5) is 0 Å². The van der Waals surface area contributed by atoms with Gasteiger partial charge < -0.3 is 24.0 Å². The molecule has 32 heavy (non-hydrogen) atoms. The molecule has 1 aliphatic carbocycles. The molecular weight excluding hydrogens is 408 g/mol. The number of rotatable bonds is 8. The number of nitrogens with zero attached hydrogens (tertiary/aromatic N) is 2. The van der Waals surface area contributed by atoms with Gasteiger partial charge in [-0.15, -0.1) is 0 Å². The summed E-state index contributed by atoms with van der Waals surface area (Å²) in [5, 5.41) is 0. The van der Waals surface area contributed by atoms with Crippen molar-refractivity contribution in [1.82, 2.24) is 9.80 Å². The largest absolute Gasteiger partial charge is 0.497 e. The van der Waals surface area contributed by atoms with E-state index in [0.29, 0.717) is 18.5 Å². The van der Waals surface area contributed by atoms with Crippen molar-refractivity contribution in [3.8, 4) is 5.75 Å². The number of carbonyl (C=O) groups excluding carboxylic acids is 2. The Morgan fingerprint density at radius 2 is 1.81 bits per heavy atom. The molecule has 4 rings (SSSR count). The van der Waals surface area contributed by atoms with Gasteiger partial charge >= 0.3 is 0 Å². The monoisotopic (exact) mass is 442 g/mol. The summed E-state index contributed by atoms with van der Waals surface area (Å²) >= 11 is 0. The molecular formula is C25H34N2O5. The second kappa shape index (κ2) is 9.63. The van der Waals surface area contributed by atoms with Crippen LogP contribution in [0.5, 0.6) is 5.75 Å². The summed E-state index contributed by atoms with van der Waals surface area (Å²) in [6, 6.07) is 7.22. The fourth-order valence-corrected chi connectivity index (χ4v) is 5.24. The van der Waals surface area contributed by atoms with E-state index in [1.54, 1.807) is 14.2 Å². The molecule has 0 saturated heterocycles. The first kappa shape index (κ1) is 22.8. The van der Waals surface area contributed by atoms with Gasteiger partial charge in [0.15, 0.2) is 11.5 Å². The van der Waals surface area contributed by atoms with Gasteiger partial charge in [-0.05, 0) is 43.6 Å². The maximum Gasteiger partial charge on any atom is 0.290 e.